The van der Waals surface area contributed by atoms with Gasteiger partial charge < -0.3 is 9.47 Å². The topological polar surface area (TPSA) is 35.5 Å². The standard InChI is InChI=1S/C14H12Cl2O3S/c1-18-11-4-3-8(6-12(11)19-2)5-10(17)9-7-13(15)20-14(9)16/h3-4,6-7H,5H2,1-2H3. The smallest absolute Gasteiger partial charge is 0.169 e. The maximum absolute atomic E-state index is 12.2. The van der Waals surface area contributed by atoms with Gasteiger partial charge in [0.1, 0.15) is 4.34 Å². The Morgan fingerprint density at radius 1 is 1.15 bits per heavy atom. The van der Waals surface area contributed by atoms with Crippen molar-refractivity contribution in [2.75, 3.05) is 14.2 Å². The van der Waals surface area contributed by atoms with E-state index < -0.39 is 0 Å². The van der Waals surface area contributed by atoms with Crippen molar-refractivity contribution in [3.8, 4) is 11.5 Å². The number of carbonyl (C=O) groups excluding carboxylic acids is 1. The van der Waals surface area contributed by atoms with Crippen molar-refractivity contribution < 1.29 is 14.3 Å². The molecule has 0 fully saturated rings. The van der Waals surface area contributed by atoms with E-state index in [-0.39, 0.29) is 12.2 Å². The largest absolute Gasteiger partial charge is 0.493 e. The van der Waals surface area contributed by atoms with E-state index in [1.54, 1.807) is 32.4 Å². The molecule has 1 heterocycles. The van der Waals surface area contributed by atoms with Crippen LogP contribution in [-0.4, -0.2) is 20.0 Å². The molecule has 0 aliphatic carbocycles. The number of halogens is 2. The molecule has 2 rings (SSSR count). The first-order chi connectivity index (χ1) is 9.55. The van der Waals surface area contributed by atoms with Crippen LogP contribution in [0.1, 0.15) is 15.9 Å². The highest BCUT2D eigenvalue weighted by Gasteiger charge is 2.15. The third-order valence-corrected chi connectivity index (χ3v) is 4.26. The van der Waals surface area contributed by atoms with Crippen molar-refractivity contribution in [1.82, 2.24) is 0 Å². The number of hydrogen-bond donors (Lipinski definition) is 0. The molecular weight excluding hydrogens is 319 g/mol. The van der Waals surface area contributed by atoms with E-state index >= 15 is 0 Å². The molecule has 0 bridgehead atoms. The van der Waals surface area contributed by atoms with Gasteiger partial charge in [0, 0.05) is 12.0 Å². The minimum Gasteiger partial charge on any atom is -0.493 e. The Morgan fingerprint density at radius 2 is 1.85 bits per heavy atom. The first-order valence-electron chi connectivity index (χ1n) is 5.74. The van der Waals surface area contributed by atoms with Crippen LogP contribution in [-0.2, 0) is 6.42 Å². The lowest BCUT2D eigenvalue weighted by Gasteiger charge is -2.09. The van der Waals surface area contributed by atoms with Crippen LogP contribution < -0.4 is 9.47 Å². The van der Waals surface area contributed by atoms with Crippen LogP contribution in [0.5, 0.6) is 11.5 Å². The maximum Gasteiger partial charge on any atom is 0.169 e. The van der Waals surface area contributed by atoms with Gasteiger partial charge in [-0.05, 0) is 23.8 Å². The van der Waals surface area contributed by atoms with Crippen molar-refractivity contribution in [2.45, 2.75) is 6.42 Å². The van der Waals surface area contributed by atoms with E-state index in [0.717, 1.165) is 5.56 Å². The molecular formula is C14H12Cl2O3S. The molecule has 1 aromatic heterocycles. The van der Waals surface area contributed by atoms with Gasteiger partial charge in [-0.15, -0.1) is 11.3 Å². The Hall–Kier alpha value is -1.23. The maximum atomic E-state index is 12.2. The number of ether oxygens (including phenoxy) is 2. The molecule has 106 valence electrons. The van der Waals surface area contributed by atoms with Gasteiger partial charge in [0.15, 0.2) is 17.3 Å². The number of hydrogen-bond acceptors (Lipinski definition) is 4. The van der Waals surface area contributed by atoms with Crippen LogP contribution in [0.2, 0.25) is 8.67 Å². The van der Waals surface area contributed by atoms with Crippen molar-refractivity contribution in [2.24, 2.45) is 0 Å². The van der Waals surface area contributed by atoms with E-state index in [2.05, 4.69) is 0 Å². The molecule has 3 nitrogen and oxygen atoms in total. The fourth-order valence-corrected chi connectivity index (χ4v) is 3.30. The first-order valence-corrected chi connectivity index (χ1v) is 7.31. The molecule has 0 radical (unpaired) electrons. The van der Waals surface area contributed by atoms with Gasteiger partial charge in [-0.1, -0.05) is 29.3 Å². The van der Waals surface area contributed by atoms with E-state index in [0.29, 0.717) is 25.7 Å². The average Bonchev–Trinajstić information content (AvgIpc) is 2.77. The summed E-state index contributed by atoms with van der Waals surface area (Å²) in [7, 11) is 3.12. The fraction of sp³-hybridized carbons (Fsp3) is 0.214. The summed E-state index contributed by atoms with van der Waals surface area (Å²) in [6.07, 6.45) is 0.229. The van der Waals surface area contributed by atoms with Crippen molar-refractivity contribution in [3.05, 3.63) is 44.1 Å². The lowest BCUT2D eigenvalue weighted by atomic mass is 10.0. The first kappa shape index (κ1) is 15.2. The highest BCUT2D eigenvalue weighted by Crippen LogP contribution is 2.33. The minimum absolute atomic E-state index is 0.0784. The van der Waals surface area contributed by atoms with Crippen LogP contribution in [0, 0.1) is 0 Å². The highest BCUT2D eigenvalue weighted by atomic mass is 35.5. The third-order valence-electron chi connectivity index (χ3n) is 2.77. The van der Waals surface area contributed by atoms with Gasteiger partial charge in [-0.2, -0.15) is 0 Å². The van der Waals surface area contributed by atoms with Crippen molar-refractivity contribution in [1.29, 1.82) is 0 Å². The summed E-state index contributed by atoms with van der Waals surface area (Å²) < 4.78 is 11.3. The molecule has 6 heteroatoms. The zero-order valence-electron chi connectivity index (χ0n) is 10.9. The molecule has 0 amide bonds. The Labute approximate surface area is 131 Å². The second-order valence-electron chi connectivity index (χ2n) is 4.03. The normalized spacial score (nSPS) is 10.4. The summed E-state index contributed by atoms with van der Waals surface area (Å²) in [6, 6.07) is 6.96. The zero-order valence-corrected chi connectivity index (χ0v) is 13.2. The molecule has 0 aliphatic heterocycles. The van der Waals surface area contributed by atoms with Crippen LogP contribution in [0.25, 0.3) is 0 Å². The molecule has 0 atom stereocenters. The van der Waals surface area contributed by atoms with Gasteiger partial charge in [-0.3, -0.25) is 4.79 Å². The third kappa shape index (κ3) is 3.26. The van der Waals surface area contributed by atoms with Crippen LogP contribution >= 0.6 is 34.5 Å². The Kier molecular flexibility index (Phi) is 4.91. The van der Waals surface area contributed by atoms with Crippen LogP contribution in [0.4, 0.5) is 0 Å². The number of ketones is 1. The summed E-state index contributed by atoms with van der Waals surface area (Å²) in [5.41, 5.74) is 1.28. The van der Waals surface area contributed by atoms with Gasteiger partial charge in [0.05, 0.1) is 18.6 Å². The Balaban J connectivity index is 2.22. The summed E-state index contributed by atoms with van der Waals surface area (Å²) >= 11 is 13.0. The van der Waals surface area contributed by atoms with Gasteiger partial charge in [0.2, 0.25) is 0 Å². The molecule has 0 N–H and O–H groups in total. The van der Waals surface area contributed by atoms with Gasteiger partial charge >= 0.3 is 0 Å². The summed E-state index contributed by atoms with van der Waals surface area (Å²) in [5.74, 6) is 1.14. The molecule has 2 aromatic rings. The quantitative estimate of drug-likeness (QED) is 0.757. The fourth-order valence-electron chi connectivity index (χ4n) is 1.80. The van der Waals surface area contributed by atoms with E-state index in [1.807, 2.05) is 6.07 Å². The predicted molar refractivity (Wildman–Crippen MR) is 81.9 cm³/mol. The predicted octanol–water partition coefficient (Wildman–Crippen LogP) is 4.50. The highest BCUT2D eigenvalue weighted by molar-refractivity contribution is 7.20. The second-order valence-corrected chi connectivity index (χ2v) is 6.31. The molecule has 0 spiro atoms. The number of benzene rings is 1. The monoisotopic (exact) mass is 330 g/mol. The summed E-state index contributed by atoms with van der Waals surface area (Å²) in [4.78, 5) is 12.2. The molecule has 1 aromatic carbocycles. The molecule has 0 unspecified atom stereocenters. The number of methoxy groups -OCH3 is 2. The Morgan fingerprint density at radius 3 is 2.40 bits per heavy atom. The number of carbonyl (C=O) groups is 1. The molecule has 0 saturated heterocycles. The van der Waals surface area contributed by atoms with E-state index in [4.69, 9.17) is 32.7 Å². The lowest BCUT2D eigenvalue weighted by molar-refractivity contribution is 0.0993. The molecule has 0 saturated carbocycles. The zero-order chi connectivity index (χ0) is 14.7. The summed E-state index contributed by atoms with van der Waals surface area (Å²) in [6.45, 7) is 0. The van der Waals surface area contributed by atoms with E-state index in [9.17, 15) is 4.79 Å². The summed E-state index contributed by atoms with van der Waals surface area (Å²) in [5, 5.41) is 0. The average molecular weight is 331 g/mol. The van der Waals surface area contributed by atoms with Gasteiger partial charge in [-0.25, -0.2) is 0 Å². The number of Topliss-reactive ketones (excluding diaryl/α,β-unsaturated/α-hetero) is 1. The molecule has 20 heavy (non-hydrogen) atoms. The van der Waals surface area contributed by atoms with E-state index in [1.165, 1.54) is 11.3 Å². The van der Waals surface area contributed by atoms with Crippen LogP contribution in [0.3, 0.4) is 0 Å². The molecule has 0 aliphatic rings. The van der Waals surface area contributed by atoms with Crippen molar-refractivity contribution in [3.63, 3.8) is 0 Å². The Bertz CT molecular complexity index is 637. The lowest BCUT2D eigenvalue weighted by Crippen LogP contribution is -2.03. The SMILES string of the molecule is COc1ccc(CC(=O)c2cc(Cl)sc2Cl)cc1OC. The minimum atomic E-state index is -0.0784. The number of rotatable bonds is 5. The van der Waals surface area contributed by atoms with Crippen LogP contribution in [0.15, 0.2) is 24.3 Å². The van der Waals surface area contributed by atoms with Gasteiger partial charge in [0.25, 0.3) is 0 Å². The second kappa shape index (κ2) is 6.48. The van der Waals surface area contributed by atoms with Crippen molar-refractivity contribution >= 4 is 40.3 Å². The number of thiophene rings is 1.